The third kappa shape index (κ3) is 3.76. The van der Waals surface area contributed by atoms with Crippen LogP contribution < -0.4 is 4.74 Å². The summed E-state index contributed by atoms with van der Waals surface area (Å²) in [6.45, 7) is 0. The molecule has 106 valence electrons. The second kappa shape index (κ2) is 6.94. The van der Waals surface area contributed by atoms with Crippen LogP contribution >= 0.6 is 43.5 Å². The smallest absolute Gasteiger partial charge is 0.125 e. The van der Waals surface area contributed by atoms with Crippen LogP contribution in [0.5, 0.6) is 5.75 Å². The molecule has 0 saturated heterocycles. The largest absolute Gasteiger partial charge is 0.496 e. The van der Waals surface area contributed by atoms with Crippen LogP contribution in [-0.2, 0) is 6.42 Å². The Balaban J connectivity index is 2.25. The van der Waals surface area contributed by atoms with E-state index in [-0.39, 0.29) is 0 Å². The van der Waals surface area contributed by atoms with Crippen LogP contribution in [0.1, 0.15) is 17.2 Å². The molecule has 0 radical (unpaired) electrons. The Morgan fingerprint density at radius 2 is 1.80 bits per heavy atom. The van der Waals surface area contributed by atoms with Crippen molar-refractivity contribution in [1.29, 1.82) is 0 Å². The molecule has 5 heteroatoms. The van der Waals surface area contributed by atoms with Crippen molar-refractivity contribution < 1.29 is 9.84 Å². The lowest BCUT2D eigenvalue weighted by Crippen LogP contribution is -2.04. The third-order valence-electron chi connectivity index (χ3n) is 2.98. The zero-order chi connectivity index (χ0) is 14.7. The number of aliphatic hydroxyl groups excluding tert-OH is 1. The summed E-state index contributed by atoms with van der Waals surface area (Å²) in [5.41, 5.74) is 1.64. The Kier molecular flexibility index (Phi) is 5.49. The molecule has 0 aliphatic carbocycles. The Labute approximate surface area is 140 Å². The van der Waals surface area contributed by atoms with Crippen molar-refractivity contribution in [2.75, 3.05) is 7.11 Å². The van der Waals surface area contributed by atoms with E-state index in [1.165, 1.54) is 0 Å². The van der Waals surface area contributed by atoms with E-state index in [0.29, 0.717) is 17.2 Å². The normalized spacial score (nSPS) is 12.2. The summed E-state index contributed by atoms with van der Waals surface area (Å²) in [7, 11) is 1.59. The fraction of sp³-hybridized carbons (Fsp3) is 0.200. The van der Waals surface area contributed by atoms with E-state index in [2.05, 4.69) is 31.9 Å². The number of aliphatic hydroxyl groups is 1. The highest BCUT2D eigenvalue weighted by molar-refractivity contribution is 9.10. The molecule has 1 unspecified atom stereocenters. The molecule has 2 rings (SSSR count). The highest BCUT2D eigenvalue weighted by Gasteiger charge is 2.15. The van der Waals surface area contributed by atoms with E-state index in [1.54, 1.807) is 7.11 Å². The highest BCUT2D eigenvalue weighted by atomic mass is 79.9. The van der Waals surface area contributed by atoms with Crippen molar-refractivity contribution in [3.63, 3.8) is 0 Å². The van der Waals surface area contributed by atoms with E-state index < -0.39 is 6.10 Å². The monoisotopic (exact) mass is 418 g/mol. The van der Waals surface area contributed by atoms with Gasteiger partial charge >= 0.3 is 0 Å². The van der Waals surface area contributed by atoms with E-state index in [0.717, 1.165) is 20.1 Å². The minimum atomic E-state index is -0.670. The molecule has 0 spiro atoms. The molecule has 0 bridgehead atoms. The topological polar surface area (TPSA) is 29.5 Å². The molecule has 0 heterocycles. The van der Waals surface area contributed by atoms with E-state index in [4.69, 9.17) is 16.3 Å². The Morgan fingerprint density at radius 3 is 2.45 bits per heavy atom. The van der Waals surface area contributed by atoms with Crippen molar-refractivity contribution in [1.82, 2.24) is 0 Å². The van der Waals surface area contributed by atoms with Gasteiger partial charge in [-0.1, -0.05) is 55.6 Å². The number of rotatable bonds is 4. The van der Waals surface area contributed by atoms with Crippen molar-refractivity contribution >= 4 is 43.5 Å². The maximum Gasteiger partial charge on any atom is 0.125 e. The molecule has 1 N–H and O–H groups in total. The third-order valence-corrected chi connectivity index (χ3v) is 4.32. The molecule has 20 heavy (non-hydrogen) atoms. The molecule has 0 saturated carbocycles. The van der Waals surface area contributed by atoms with Gasteiger partial charge in [0.15, 0.2) is 0 Å². The Hall–Kier alpha value is -0.550. The van der Waals surface area contributed by atoms with E-state index in [1.807, 2.05) is 36.4 Å². The first-order valence-electron chi connectivity index (χ1n) is 5.96. The van der Waals surface area contributed by atoms with Gasteiger partial charge in [0.2, 0.25) is 0 Å². The summed E-state index contributed by atoms with van der Waals surface area (Å²) in [5, 5.41) is 11.0. The maximum absolute atomic E-state index is 10.4. The Morgan fingerprint density at radius 1 is 1.15 bits per heavy atom. The van der Waals surface area contributed by atoms with Crippen molar-refractivity contribution in [3.05, 3.63) is 61.5 Å². The second-order valence-corrected chi connectivity index (χ2v) is 6.58. The molecular weight excluding hydrogens is 407 g/mol. The van der Waals surface area contributed by atoms with Gasteiger partial charge in [-0.25, -0.2) is 0 Å². The second-order valence-electron chi connectivity index (χ2n) is 4.34. The number of benzene rings is 2. The number of methoxy groups -OCH3 is 1. The molecule has 1 atom stereocenters. The summed E-state index contributed by atoms with van der Waals surface area (Å²) in [6, 6.07) is 11.2. The minimum absolute atomic E-state index is 0.435. The van der Waals surface area contributed by atoms with E-state index >= 15 is 0 Å². The van der Waals surface area contributed by atoms with Crippen molar-refractivity contribution in [3.8, 4) is 5.75 Å². The van der Waals surface area contributed by atoms with Gasteiger partial charge in [0, 0.05) is 26.0 Å². The van der Waals surface area contributed by atoms with Gasteiger partial charge in [0.25, 0.3) is 0 Å². The first-order valence-corrected chi connectivity index (χ1v) is 7.93. The lowest BCUT2D eigenvalue weighted by Gasteiger charge is -2.16. The first-order chi connectivity index (χ1) is 9.51. The van der Waals surface area contributed by atoms with Crippen LogP contribution in [0.4, 0.5) is 0 Å². The lowest BCUT2D eigenvalue weighted by atomic mass is 10.0. The zero-order valence-electron chi connectivity index (χ0n) is 10.7. The molecule has 0 aliphatic rings. The van der Waals surface area contributed by atoms with Crippen LogP contribution in [0.15, 0.2) is 45.3 Å². The van der Waals surface area contributed by atoms with Gasteiger partial charge in [-0.3, -0.25) is 0 Å². The molecule has 2 aromatic carbocycles. The summed E-state index contributed by atoms with van der Waals surface area (Å²) < 4.78 is 7.13. The fourth-order valence-electron chi connectivity index (χ4n) is 1.97. The van der Waals surface area contributed by atoms with Crippen LogP contribution in [0.3, 0.4) is 0 Å². The molecule has 0 aliphatic heterocycles. The highest BCUT2D eigenvalue weighted by Crippen LogP contribution is 2.32. The van der Waals surface area contributed by atoms with Crippen LogP contribution in [0.25, 0.3) is 0 Å². The minimum Gasteiger partial charge on any atom is -0.496 e. The fourth-order valence-corrected chi connectivity index (χ4v) is 3.06. The van der Waals surface area contributed by atoms with Gasteiger partial charge in [0.05, 0.1) is 13.2 Å². The molecular formula is C15H13Br2ClO2. The van der Waals surface area contributed by atoms with Gasteiger partial charge in [-0.05, 0) is 29.8 Å². The van der Waals surface area contributed by atoms with Gasteiger partial charge < -0.3 is 9.84 Å². The number of hydrogen-bond acceptors (Lipinski definition) is 2. The molecule has 0 amide bonds. The molecule has 2 aromatic rings. The average molecular weight is 421 g/mol. The number of halogens is 3. The van der Waals surface area contributed by atoms with E-state index in [9.17, 15) is 5.11 Å². The molecule has 0 aromatic heterocycles. The average Bonchev–Trinajstić information content (AvgIpc) is 2.41. The lowest BCUT2D eigenvalue weighted by molar-refractivity contribution is 0.174. The summed E-state index contributed by atoms with van der Waals surface area (Å²) in [6.07, 6.45) is -0.235. The maximum atomic E-state index is 10.4. The van der Waals surface area contributed by atoms with Crippen LogP contribution in [0, 0.1) is 0 Å². The summed E-state index contributed by atoms with van der Waals surface area (Å²) >= 11 is 12.9. The van der Waals surface area contributed by atoms with Gasteiger partial charge in [-0.2, -0.15) is 0 Å². The first kappa shape index (κ1) is 15.8. The SMILES string of the molecule is COc1cc(Br)ccc1C(O)Cc1ccc(Br)cc1Cl. The molecule has 0 fully saturated rings. The quantitative estimate of drug-likeness (QED) is 0.741. The summed E-state index contributed by atoms with van der Waals surface area (Å²) in [5.74, 6) is 0.653. The standard InChI is InChI=1S/C15H13Br2ClO2/c1-20-15-8-11(17)4-5-12(15)14(19)6-9-2-3-10(16)7-13(9)18/h2-5,7-8,14,19H,6H2,1H3. The Bertz CT molecular complexity index is 617. The molecule has 2 nitrogen and oxygen atoms in total. The van der Waals surface area contributed by atoms with Crippen molar-refractivity contribution in [2.24, 2.45) is 0 Å². The zero-order valence-corrected chi connectivity index (χ0v) is 14.7. The predicted octanol–water partition coefficient (Wildman–Crippen LogP) is 5.15. The summed E-state index contributed by atoms with van der Waals surface area (Å²) in [4.78, 5) is 0. The predicted molar refractivity (Wildman–Crippen MR) is 88.5 cm³/mol. The van der Waals surface area contributed by atoms with Crippen molar-refractivity contribution in [2.45, 2.75) is 12.5 Å². The number of hydrogen-bond donors (Lipinski definition) is 1. The van der Waals surface area contributed by atoms with Gasteiger partial charge in [0.1, 0.15) is 5.75 Å². The van der Waals surface area contributed by atoms with Crippen LogP contribution in [0.2, 0.25) is 5.02 Å². The van der Waals surface area contributed by atoms with Crippen LogP contribution in [-0.4, -0.2) is 12.2 Å². The van der Waals surface area contributed by atoms with Gasteiger partial charge in [-0.15, -0.1) is 0 Å². The number of ether oxygens (including phenoxy) is 1.